The van der Waals surface area contributed by atoms with Crippen molar-refractivity contribution < 1.29 is 24.2 Å². The van der Waals surface area contributed by atoms with Crippen molar-refractivity contribution in [2.75, 3.05) is 29.6 Å². The molecule has 0 aromatic carbocycles. The monoisotopic (exact) mass is 524 g/mol. The molecule has 0 saturated heterocycles. The number of hydrogen-bond donors (Lipinski definition) is 1. The molecule has 2 aromatic heterocycles. The number of carbonyl (C=O) groups excluding carboxylic acids is 2. The van der Waals surface area contributed by atoms with E-state index in [1.165, 1.54) is 16.3 Å². The highest BCUT2D eigenvalue weighted by Crippen LogP contribution is 2.30. The number of aliphatic carboxylic acids is 1. The summed E-state index contributed by atoms with van der Waals surface area (Å²) in [6.45, 7) is 6.30. The van der Waals surface area contributed by atoms with Crippen LogP contribution in [0.5, 0.6) is 0 Å². The Hall–Kier alpha value is -3.79. The molecule has 196 valence electrons. The highest BCUT2D eigenvalue weighted by atomic mass is 32.1. The third-order valence-electron chi connectivity index (χ3n) is 5.61. The number of anilines is 2. The van der Waals surface area contributed by atoms with E-state index in [4.69, 9.17) is 9.84 Å². The van der Waals surface area contributed by atoms with Crippen molar-refractivity contribution in [3.05, 3.63) is 58.6 Å². The van der Waals surface area contributed by atoms with Gasteiger partial charge in [0.05, 0.1) is 28.5 Å². The number of hydrazone groups is 1. The zero-order chi connectivity index (χ0) is 26.8. The van der Waals surface area contributed by atoms with Gasteiger partial charge >= 0.3 is 11.9 Å². The predicted octanol–water partition coefficient (Wildman–Crippen LogP) is 4.91. The minimum Gasteiger partial charge on any atom is -0.480 e. The molecule has 3 rings (SSSR count). The van der Waals surface area contributed by atoms with Gasteiger partial charge in [-0.15, -0.1) is 11.3 Å². The second-order valence-corrected chi connectivity index (χ2v) is 9.33. The molecule has 0 unspecified atom stereocenters. The van der Waals surface area contributed by atoms with Crippen LogP contribution in [-0.4, -0.2) is 53.3 Å². The normalized spacial score (nSPS) is 14.7. The summed E-state index contributed by atoms with van der Waals surface area (Å²) in [4.78, 5) is 44.6. The molecular weight excluding hydrogens is 492 g/mol. The number of carboxylic acid groups (broad SMARTS) is 1. The Morgan fingerprint density at radius 3 is 2.62 bits per heavy atom. The van der Waals surface area contributed by atoms with Gasteiger partial charge in [0.25, 0.3) is 5.91 Å². The Bertz CT molecular complexity index is 1200. The third-order valence-corrected chi connectivity index (χ3v) is 6.72. The molecule has 1 amide bonds. The van der Waals surface area contributed by atoms with Gasteiger partial charge in [0.15, 0.2) is 5.82 Å². The number of pyridine rings is 1. The van der Waals surface area contributed by atoms with Crippen molar-refractivity contribution in [2.24, 2.45) is 5.10 Å². The zero-order valence-corrected chi connectivity index (χ0v) is 22.2. The number of nitrogens with zero attached hydrogens (tertiary/aromatic N) is 4. The molecule has 3 heterocycles. The van der Waals surface area contributed by atoms with Crippen LogP contribution in [0.2, 0.25) is 0 Å². The average molecular weight is 525 g/mol. The van der Waals surface area contributed by atoms with E-state index in [-0.39, 0.29) is 24.3 Å². The molecule has 0 atom stereocenters. The number of thiophene rings is 1. The first-order valence-corrected chi connectivity index (χ1v) is 13.2. The molecule has 10 heteroatoms. The lowest BCUT2D eigenvalue weighted by molar-refractivity contribution is -0.138. The molecular formula is C27H32N4O5S. The van der Waals surface area contributed by atoms with Gasteiger partial charge in [-0.25, -0.2) is 9.78 Å². The van der Waals surface area contributed by atoms with Crippen molar-refractivity contribution in [3.63, 3.8) is 0 Å². The molecule has 0 saturated carbocycles. The lowest BCUT2D eigenvalue weighted by Crippen LogP contribution is -2.28. The number of carboxylic acids is 1. The SMILES string of the molecule is CCCCCC1=NN(c2ccccn2)C(=O)/C1=C(\C=C\c1ccc(N(CC)CC(=O)O)s1)C(=O)OCC. The standard InChI is InChI=1S/C27H32N4O5S/c1-4-7-8-11-21-25(26(34)31(29-21)22-12-9-10-17-28-22)20(27(35)36-6-3)15-13-19-14-16-23(37-19)30(5-2)18-24(32)33/h9-10,12-17H,4-8,11,18H2,1-3H3,(H,32,33)/b15-13+,25-20+. The summed E-state index contributed by atoms with van der Waals surface area (Å²) in [7, 11) is 0. The first kappa shape index (κ1) is 27.8. The van der Waals surface area contributed by atoms with E-state index in [0.717, 1.165) is 29.1 Å². The lowest BCUT2D eigenvalue weighted by atomic mass is 9.98. The maximum Gasteiger partial charge on any atom is 0.339 e. The first-order chi connectivity index (χ1) is 17.9. The minimum absolute atomic E-state index is 0.103. The van der Waals surface area contributed by atoms with Crippen molar-refractivity contribution in [2.45, 2.75) is 46.5 Å². The number of unbranched alkanes of at least 4 members (excludes halogenated alkanes) is 2. The number of amides is 1. The highest BCUT2D eigenvalue weighted by Gasteiger charge is 2.35. The summed E-state index contributed by atoms with van der Waals surface area (Å²) in [6, 6.07) is 8.91. The van der Waals surface area contributed by atoms with E-state index in [2.05, 4.69) is 17.0 Å². The van der Waals surface area contributed by atoms with Gasteiger partial charge in [0.2, 0.25) is 0 Å². The Labute approximate surface area is 220 Å². The van der Waals surface area contributed by atoms with E-state index in [1.807, 2.05) is 19.1 Å². The first-order valence-electron chi connectivity index (χ1n) is 12.4. The number of carbonyl (C=O) groups is 3. The second kappa shape index (κ2) is 13.5. The zero-order valence-electron chi connectivity index (χ0n) is 21.3. The van der Waals surface area contributed by atoms with E-state index >= 15 is 0 Å². The van der Waals surface area contributed by atoms with Crippen LogP contribution in [0.1, 0.15) is 51.3 Å². The Kier molecular flexibility index (Phi) is 10.1. The van der Waals surface area contributed by atoms with E-state index in [1.54, 1.807) is 48.4 Å². The number of rotatable bonds is 13. The van der Waals surface area contributed by atoms with Crippen molar-refractivity contribution >= 4 is 51.8 Å². The fourth-order valence-corrected chi connectivity index (χ4v) is 4.78. The Morgan fingerprint density at radius 2 is 1.97 bits per heavy atom. The summed E-state index contributed by atoms with van der Waals surface area (Å²) in [6.07, 6.45) is 8.25. The topological polar surface area (TPSA) is 112 Å². The lowest BCUT2D eigenvalue weighted by Gasteiger charge is -2.17. The van der Waals surface area contributed by atoms with Crippen LogP contribution < -0.4 is 9.91 Å². The van der Waals surface area contributed by atoms with Gasteiger partial charge < -0.3 is 14.7 Å². The molecule has 0 fully saturated rings. The maximum atomic E-state index is 13.6. The van der Waals surface area contributed by atoms with Gasteiger partial charge in [-0.05, 0) is 63.1 Å². The molecule has 0 spiro atoms. The molecule has 0 radical (unpaired) electrons. The van der Waals surface area contributed by atoms with E-state index < -0.39 is 17.8 Å². The minimum atomic E-state index is -0.909. The predicted molar refractivity (Wildman–Crippen MR) is 146 cm³/mol. The Morgan fingerprint density at radius 1 is 1.16 bits per heavy atom. The van der Waals surface area contributed by atoms with Gasteiger partial charge in [-0.3, -0.25) is 9.59 Å². The fourth-order valence-electron chi connectivity index (χ4n) is 3.81. The average Bonchev–Trinajstić information content (AvgIpc) is 3.48. The van der Waals surface area contributed by atoms with Gasteiger partial charge in [0.1, 0.15) is 6.54 Å². The molecule has 9 nitrogen and oxygen atoms in total. The van der Waals surface area contributed by atoms with Crippen LogP contribution in [0, 0.1) is 0 Å². The highest BCUT2D eigenvalue weighted by molar-refractivity contribution is 7.16. The van der Waals surface area contributed by atoms with E-state index in [0.29, 0.717) is 24.5 Å². The summed E-state index contributed by atoms with van der Waals surface area (Å²) in [5.41, 5.74) is 0.880. The number of ether oxygens (including phenoxy) is 1. The van der Waals surface area contributed by atoms with Crippen LogP contribution >= 0.6 is 11.3 Å². The van der Waals surface area contributed by atoms with Crippen LogP contribution in [0.4, 0.5) is 10.8 Å². The maximum absolute atomic E-state index is 13.6. The molecule has 0 bridgehead atoms. The summed E-state index contributed by atoms with van der Waals surface area (Å²) in [5, 5.41) is 15.8. The van der Waals surface area contributed by atoms with Crippen molar-refractivity contribution in [3.8, 4) is 0 Å². The summed E-state index contributed by atoms with van der Waals surface area (Å²) >= 11 is 1.40. The summed E-state index contributed by atoms with van der Waals surface area (Å²) in [5.74, 6) is -1.56. The molecule has 37 heavy (non-hydrogen) atoms. The molecule has 1 N–H and O–H groups in total. The fraction of sp³-hybridized carbons (Fsp3) is 0.370. The van der Waals surface area contributed by atoms with Crippen LogP contribution in [-0.2, 0) is 19.1 Å². The van der Waals surface area contributed by atoms with E-state index in [9.17, 15) is 14.4 Å². The molecule has 0 aliphatic carbocycles. The second-order valence-electron chi connectivity index (χ2n) is 8.24. The van der Waals surface area contributed by atoms with Gasteiger partial charge in [-0.1, -0.05) is 25.8 Å². The van der Waals surface area contributed by atoms with Gasteiger partial charge in [-0.2, -0.15) is 10.1 Å². The van der Waals surface area contributed by atoms with Crippen LogP contribution in [0.25, 0.3) is 6.08 Å². The van der Waals surface area contributed by atoms with Crippen LogP contribution in [0.15, 0.2) is 58.9 Å². The number of likely N-dealkylation sites (N-methyl/N-ethyl adjacent to an activating group) is 1. The van der Waals surface area contributed by atoms with Gasteiger partial charge in [0, 0.05) is 17.6 Å². The molecule has 1 aliphatic rings. The number of esters is 1. The smallest absolute Gasteiger partial charge is 0.339 e. The number of aromatic nitrogens is 1. The largest absolute Gasteiger partial charge is 0.480 e. The number of hydrogen-bond acceptors (Lipinski definition) is 8. The van der Waals surface area contributed by atoms with Crippen LogP contribution in [0.3, 0.4) is 0 Å². The quantitative estimate of drug-likeness (QED) is 0.225. The van der Waals surface area contributed by atoms with Crippen molar-refractivity contribution in [1.82, 2.24) is 4.98 Å². The summed E-state index contributed by atoms with van der Waals surface area (Å²) < 4.78 is 5.31. The third kappa shape index (κ3) is 7.13. The molecule has 2 aromatic rings. The molecule has 1 aliphatic heterocycles. The van der Waals surface area contributed by atoms with Crippen molar-refractivity contribution in [1.29, 1.82) is 0 Å². The Balaban J connectivity index is 2.01.